The molecule has 1 fully saturated rings. The lowest BCUT2D eigenvalue weighted by molar-refractivity contribution is 0.00318. The predicted octanol–water partition coefficient (Wildman–Crippen LogP) is 1.92. The van der Waals surface area contributed by atoms with Gasteiger partial charge in [-0.05, 0) is 37.5 Å². The van der Waals surface area contributed by atoms with E-state index < -0.39 is 10.0 Å². The predicted molar refractivity (Wildman–Crippen MR) is 83.7 cm³/mol. The molecule has 0 aromatic heterocycles. The normalized spacial score (nSPS) is 18.0. The summed E-state index contributed by atoms with van der Waals surface area (Å²) in [5, 5.41) is 8.75. The number of sulfonamides is 1. The van der Waals surface area contributed by atoms with Crippen LogP contribution in [-0.2, 0) is 14.8 Å². The maximum Gasteiger partial charge on any atom is 0.243 e. The average molecular weight is 378 g/mol. The van der Waals surface area contributed by atoms with Crippen molar-refractivity contribution in [2.75, 3.05) is 26.3 Å². The van der Waals surface area contributed by atoms with E-state index in [1.165, 1.54) is 4.31 Å². The van der Waals surface area contributed by atoms with Crippen molar-refractivity contribution >= 4 is 26.0 Å². The van der Waals surface area contributed by atoms with Crippen LogP contribution in [-0.4, -0.2) is 50.2 Å². The van der Waals surface area contributed by atoms with E-state index in [0.29, 0.717) is 37.4 Å². The Morgan fingerprint density at radius 2 is 2.05 bits per heavy atom. The fourth-order valence-corrected chi connectivity index (χ4v) is 4.68. The first kappa shape index (κ1) is 16.9. The molecule has 0 aliphatic carbocycles. The van der Waals surface area contributed by atoms with Gasteiger partial charge >= 0.3 is 0 Å². The van der Waals surface area contributed by atoms with Gasteiger partial charge in [0.15, 0.2) is 0 Å². The number of aryl methyl sites for hydroxylation is 1. The molecule has 0 unspecified atom stereocenters. The fourth-order valence-electron chi connectivity index (χ4n) is 2.45. The lowest BCUT2D eigenvalue weighted by Crippen LogP contribution is -2.41. The molecule has 21 heavy (non-hydrogen) atoms. The third-order valence-corrected chi connectivity index (χ3v) is 6.15. The molecule has 1 aromatic rings. The monoisotopic (exact) mass is 377 g/mol. The van der Waals surface area contributed by atoms with Crippen LogP contribution in [0.15, 0.2) is 27.6 Å². The van der Waals surface area contributed by atoms with Gasteiger partial charge in [0.1, 0.15) is 0 Å². The lowest BCUT2D eigenvalue weighted by atomic mass is 10.1. The number of aliphatic hydroxyl groups excluding tert-OH is 1. The largest absolute Gasteiger partial charge is 0.394 e. The van der Waals surface area contributed by atoms with Crippen molar-refractivity contribution in [2.45, 2.75) is 30.8 Å². The van der Waals surface area contributed by atoms with Crippen molar-refractivity contribution in [3.05, 3.63) is 28.2 Å². The molecule has 1 aliphatic rings. The van der Waals surface area contributed by atoms with Gasteiger partial charge in [0.2, 0.25) is 10.0 Å². The minimum Gasteiger partial charge on any atom is -0.394 e. The molecule has 1 saturated heterocycles. The molecule has 0 atom stereocenters. The van der Waals surface area contributed by atoms with Crippen LogP contribution in [0.3, 0.4) is 0 Å². The summed E-state index contributed by atoms with van der Waals surface area (Å²) in [7, 11) is -3.46. The highest BCUT2D eigenvalue weighted by Gasteiger charge is 2.30. The Bertz CT molecular complexity index is 583. The molecule has 1 heterocycles. The molecule has 1 N–H and O–H groups in total. The standard InChI is InChI=1S/C14H20BrNO4S/c1-11-2-3-12(15)10-14(11)21(18,19)16-6-4-13(5-7-16)20-9-8-17/h2-3,10,13,17H,4-9H2,1H3. The number of benzene rings is 1. The number of aliphatic hydroxyl groups is 1. The Balaban J connectivity index is 2.10. The van der Waals surface area contributed by atoms with Crippen molar-refractivity contribution in [3.63, 3.8) is 0 Å². The molecule has 0 amide bonds. The number of halogens is 1. The third kappa shape index (κ3) is 4.04. The molecule has 0 saturated carbocycles. The van der Waals surface area contributed by atoms with Crippen molar-refractivity contribution < 1.29 is 18.3 Å². The second-order valence-corrected chi connectivity index (χ2v) is 7.93. The number of hydrogen-bond donors (Lipinski definition) is 1. The van der Waals surface area contributed by atoms with Crippen LogP contribution in [0.2, 0.25) is 0 Å². The molecule has 5 nitrogen and oxygen atoms in total. The zero-order chi connectivity index (χ0) is 15.5. The number of rotatable bonds is 5. The van der Waals surface area contributed by atoms with Crippen LogP contribution >= 0.6 is 15.9 Å². The number of piperidine rings is 1. The van der Waals surface area contributed by atoms with Gasteiger partial charge in [-0.3, -0.25) is 0 Å². The molecule has 1 aliphatic heterocycles. The van der Waals surface area contributed by atoms with E-state index in [0.717, 1.165) is 10.0 Å². The Hall–Kier alpha value is -0.470. The van der Waals surface area contributed by atoms with Crippen LogP contribution in [0.5, 0.6) is 0 Å². The number of nitrogens with zero attached hydrogens (tertiary/aromatic N) is 1. The first-order valence-corrected chi connectivity index (χ1v) is 9.17. The molecule has 0 radical (unpaired) electrons. The second kappa shape index (κ2) is 7.19. The molecule has 118 valence electrons. The van der Waals surface area contributed by atoms with Crippen molar-refractivity contribution in [2.24, 2.45) is 0 Å². The smallest absolute Gasteiger partial charge is 0.243 e. The highest BCUT2D eigenvalue weighted by atomic mass is 79.9. The summed E-state index contributed by atoms with van der Waals surface area (Å²) in [5.41, 5.74) is 0.747. The maximum atomic E-state index is 12.7. The van der Waals surface area contributed by atoms with Crippen LogP contribution in [0, 0.1) is 6.92 Å². The molecule has 1 aromatic carbocycles. The summed E-state index contributed by atoms with van der Waals surface area (Å²) >= 11 is 3.32. The van der Waals surface area contributed by atoms with Gasteiger partial charge in [-0.2, -0.15) is 4.31 Å². The minimum absolute atomic E-state index is 0.00422. The summed E-state index contributed by atoms with van der Waals surface area (Å²) in [4.78, 5) is 0.353. The Morgan fingerprint density at radius 1 is 1.38 bits per heavy atom. The van der Waals surface area contributed by atoms with E-state index in [9.17, 15) is 8.42 Å². The summed E-state index contributed by atoms with van der Waals surface area (Å²) in [6, 6.07) is 5.29. The summed E-state index contributed by atoms with van der Waals surface area (Å²) in [6.07, 6.45) is 1.35. The van der Waals surface area contributed by atoms with Gasteiger partial charge in [0.05, 0.1) is 24.2 Å². The van der Waals surface area contributed by atoms with Crippen LogP contribution in [0.25, 0.3) is 0 Å². The van der Waals surface area contributed by atoms with Gasteiger partial charge in [-0.1, -0.05) is 22.0 Å². The first-order valence-electron chi connectivity index (χ1n) is 6.94. The van der Waals surface area contributed by atoms with E-state index in [4.69, 9.17) is 9.84 Å². The average Bonchev–Trinajstić information content (AvgIpc) is 2.48. The molecular weight excluding hydrogens is 358 g/mol. The molecule has 0 spiro atoms. The quantitative estimate of drug-likeness (QED) is 0.850. The number of ether oxygens (including phenoxy) is 1. The van der Waals surface area contributed by atoms with E-state index in [1.807, 2.05) is 6.07 Å². The lowest BCUT2D eigenvalue weighted by Gasteiger charge is -2.31. The van der Waals surface area contributed by atoms with E-state index in [-0.39, 0.29) is 12.7 Å². The highest BCUT2D eigenvalue weighted by molar-refractivity contribution is 9.10. The fraction of sp³-hybridized carbons (Fsp3) is 0.571. The Kier molecular flexibility index (Phi) is 5.79. The molecule has 0 bridgehead atoms. The third-order valence-electron chi connectivity index (χ3n) is 3.61. The van der Waals surface area contributed by atoms with Gasteiger partial charge in [-0.15, -0.1) is 0 Å². The number of hydrogen-bond acceptors (Lipinski definition) is 4. The second-order valence-electron chi connectivity index (χ2n) is 5.11. The SMILES string of the molecule is Cc1ccc(Br)cc1S(=O)(=O)N1CCC(OCCO)CC1. The molecule has 7 heteroatoms. The Labute approximate surface area is 134 Å². The van der Waals surface area contributed by atoms with Crippen molar-refractivity contribution in [1.29, 1.82) is 0 Å². The van der Waals surface area contributed by atoms with E-state index >= 15 is 0 Å². The van der Waals surface area contributed by atoms with Gasteiger partial charge < -0.3 is 9.84 Å². The molecule has 2 rings (SSSR count). The minimum atomic E-state index is -3.46. The van der Waals surface area contributed by atoms with E-state index in [1.54, 1.807) is 19.1 Å². The summed E-state index contributed by atoms with van der Waals surface area (Å²) in [5.74, 6) is 0. The van der Waals surface area contributed by atoms with Gasteiger partial charge in [-0.25, -0.2) is 8.42 Å². The van der Waals surface area contributed by atoms with Crippen LogP contribution in [0.4, 0.5) is 0 Å². The van der Waals surface area contributed by atoms with Crippen molar-refractivity contribution in [1.82, 2.24) is 4.31 Å². The topological polar surface area (TPSA) is 66.8 Å². The highest BCUT2D eigenvalue weighted by Crippen LogP contribution is 2.26. The van der Waals surface area contributed by atoms with Crippen LogP contribution < -0.4 is 0 Å². The zero-order valence-corrected chi connectivity index (χ0v) is 14.4. The summed E-state index contributed by atoms with van der Waals surface area (Å²) < 4.78 is 33.1. The van der Waals surface area contributed by atoms with Crippen LogP contribution in [0.1, 0.15) is 18.4 Å². The van der Waals surface area contributed by atoms with E-state index in [2.05, 4.69) is 15.9 Å². The maximum absolute atomic E-state index is 12.7. The van der Waals surface area contributed by atoms with Gasteiger partial charge in [0.25, 0.3) is 0 Å². The zero-order valence-electron chi connectivity index (χ0n) is 12.0. The van der Waals surface area contributed by atoms with Crippen molar-refractivity contribution in [3.8, 4) is 0 Å². The summed E-state index contributed by atoms with van der Waals surface area (Å²) in [6.45, 7) is 3.00. The Morgan fingerprint density at radius 3 is 2.67 bits per heavy atom. The van der Waals surface area contributed by atoms with Gasteiger partial charge in [0, 0.05) is 17.6 Å². The molecular formula is C14H20BrNO4S. The first-order chi connectivity index (χ1) is 9.95.